The van der Waals surface area contributed by atoms with Gasteiger partial charge < -0.3 is 13.7 Å². The molecule has 0 unspecified atom stereocenters. The molecule has 2 heterocycles. The molecule has 0 saturated heterocycles. The lowest BCUT2D eigenvalue weighted by Crippen LogP contribution is -2.04. The van der Waals surface area contributed by atoms with Gasteiger partial charge in [0.2, 0.25) is 5.76 Å². The molecule has 5 heteroatoms. The van der Waals surface area contributed by atoms with Crippen molar-refractivity contribution in [3.05, 3.63) is 78.0 Å². The van der Waals surface area contributed by atoms with E-state index in [-0.39, 0.29) is 6.61 Å². The van der Waals surface area contributed by atoms with Gasteiger partial charge in [-0.2, -0.15) is 0 Å². The second-order valence-electron chi connectivity index (χ2n) is 5.27. The van der Waals surface area contributed by atoms with E-state index in [0.717, 1.165) is 11.0 Å². The van der Waals surface area contributed by atoms with Crippen LogP contribution in [-0.2, 0) is 11.3 Å². The molecule has 0 spiro atoms. The average Bonchev–Trinajstić information content (AvgIpc) is 3.27. The lowest BCUT2D eigenvalue weighted by molar-refractivity contribution is 0.0464. The minimum Gasteiger partial charge on any atom is -0.455 e. The number of carbonyl (C=O) groups is 1. The zero-order valence-electron chi connectivity index (χ0n) is 12.6. The van der Waals surface area contributed by atoms with E-state index in [4.69, 9.17) is 13.7 Å². The number of ether oxygens (including phenoxy) is 1. The van der Waals surface area contributed by atoms with Crippen molar-refractivity contribution in [1.82, 2.24) is 5.16 Å². The van der Waals surface area contributed by atoms with Crippen molar-refractivity contribution < 1.29 is 18.5 Å². The fraction of sp³-hybridized carbons (Fsp3) is 0.0526. The lowest BCUT2D eigenvalue weighted by atomic mass is 10.2. The van der Waals surface area contributed by atoms with Crippen LogP contribution in [0.15, 0.2) is 75.7 Å². The topological polar surface area (TPSA) is 65.5 Å². The number of fused-ring (bicyclic) bond motifs is 1. The number of aromatic nitrogens is 1. The second-order valence-corrected chi connectivity index (χ2v) is 5.27. The first-order chi connectivity index (χ1) is 11.8. The normalized spacial score (nSPS) is 10.8. The number of rotatable bonds is 4. The highest BCUT2D eigenvalue weighted by atomic mass is 16.5. The van der Waals surface area contributed by atoms with Gasteiger partial charge in [-0.05, 0) is 24.3 Å². The maximum Gasteiger partial charge on any atom is 0.338 e. The van der Waals surface area contributed by atoms with E-state index in [1.165, 1.54) is 0 Å². The second kappa shape index (κ2) is 6.04. The van der Waals surface area contributed by atoms with Gasteiger partial charge in [0.05, 0.1) is 5.56 Å². The Morgan fingerprint density at radius 1 is 0.958 bits per heavy atom. The van der Waals surface area contributed by atoms with Crippen molar-refractivity contribution in [2.75, 3.05) is 0 Å². The highest BCUT2D eigenvalue weighted by Crippen LogP contribution is 2.28. The van der Waals surface area contributed by atoms with Gasteiger partial charge in [-0.1, -0.05) is 41.6 Å². The molecular formula is C19H13NO4. The Morgan fingerprint density at radius 2 is 1.75 bits per heavy atom. The summed E-state index contributed by atoms with van der Waals surface area (Å²) in [5.74, 6) is 0.685. The number of esters is 1. The molecule has 0 N–H and O–H groups in total. The van der Waals surface area contributed by atoms with E-state index in [0.29, 0.717) is 22.8 Å². The van der Waals surface area contributed by atoms with Crippen LogP contribution < -0.4 is 0 Å². The minimum atomic E-state index is -0.399. The van der Waals surface area contributed by atoms with E-state index in [2.05, 4.69) is 5.16 Å². The summed E-state index contributed by atoms with van der Waals surface area (Å²) in [6.45, 7) is 0.0391. The van der Waals surface area contributed by atoms with Crippen LogP contribution in [0, 0.1) is 0 Å². The third kappa shape index (κ3) is 2.79. The Labute approximate surface area is 137 Å². The molecule has 4 aromatic rings. The van der Waals surface area contributed by atoms with Gasteiger partial charge in [0, 0.05) is 11.5 Å². The molecule has 0 amide bonds. The third-order valence-corrected chi connectivity index (χ3v) is 3.59. The standard InChI is InChI=1S/C19H13NO4/c21-19(13-6-2-1-3-7-13)22-12-15-11-18(24-20-15)17-10-14-8-4-5-9-16(14)23-17/h1-11H,12H2. The van der Waals surface area contributed by atoms with E-state index in [1.54, 1.807) is 30.3 Å². The van der Waals surface area contributed by atoms with Gasteiger partial charge in [0.1, 0.15) is 17.9 Å². The Morgan fingerprint density at radius 3 is 2.58 bits per heavy atom. The maximum absolute atomic E-state index is 11.9. The molecule has 118 valence electrons. The first kappa shape index (κ1) is 14.3. The maximum atomic E-state index is 11.9. The first-order valence-electron chi connectivity index (χ1n) is 7.46. The monoisotopic (exact) mass is 319 g/mol. The van der Waals surface area contributed by atoms with Crippen molar-refractivity contribution in [3.63, 3.8) is 0 Å². The fourth-order valence-corrected chi connectivity index (χ4v) is 2.40. The van der Waals surface area contributed by atoms with Crippen LogP contribution in [0.2, 0.25) is 0 Å². The van der Waals surface area contributed by atoms with E-state index >= 15 is 0 Å². The Bertz CT molecular complexity index is 952. The molecule has 0 bridgehead atoms. The zero-order valence-corrected chi connectivity index (χ0v) is 12.6. The lowest BCUT2D eigenvalue weighted by Gasteiger charge is -2.01. The molecule has 0 saturated carbocycles. The van der Waals surface area contributed by atoms with Crippen molar-refractivity contribution >= 4 is 16.9 Å². The summed E-state index contributed by atoms with van der Waals surface area (Å²) < 4.78 is 16.2. The van der Waals surface area contributed by atoms with Gasteiger partial charge in [0.25, 0.3) is 0 Å². The van der Waals surface area contributed by atoms with Crippen LogP contribution in [0.4, 0.5) is 0 Å². The van der Waals surface area contributed by atoms with Crippen molar-refractivity contribution in [1.29, 1.82) is 0 Å². The molecular weight excluding hydrogens is 306 g/mol. The molecule has 0 aliphatic heterocycles. The molecule has 2 aromatic heterocycles. The number of benzene rings is 2. The van der Waals surface area contributed by atoms with Crippen molar-refractivity contribution in [2.24, 2.45) is 0 Å². The Hall–Kier alpha value is -3.34. The van der Waals surface area contributed by atoms with E-state index in [1.807, 2.05) is 36.4 Å². The minimum absolute atomic E-state index is 0.0391. The van der Waals surface area contributed by atoms with Crippen LogP contribution in [0.3, 0.4) is 0 Å². The Kier molecular flexibility index (Phi) is 3.59. The summed E-state index contributed by atoms with van der Waals surface area (Å²) in [6, 6.07) is 20.1. The van der Waals surface area contributed by atoms with E-state index in [9.17, 15) is 4.79 Å². The molecule has 0 atom stereocenters. The van der Waals surface area contributed by atoms with Crippen molar-refractivity contribution in [3.8, 4) is 11.5 Å². The smallest absolute Gasteiger partial charge is 0.338 e. The molecule has 4 rings (SSSR count). The van der Waals surface area contributed by atoms with Crippen LogP contribution >= 0.6 is 0 Å². The number of carbonyl (C=O) groups excluding carboxylic acids is 1. The molecule has 0 aliphatic carbocycles. The predicted octanol–water partition coefficient (Wildman–Crippen LogP) is 4.44. The summed E-state index contributed by atoms with van der Waals surface area (Å²) in [5.41, 5.74) is 1.80. The Balaban J connectivity index is 1.48. The largest absolute Gasteiger partial charge is 0.455 e. The van der Waals surface area contributed by atoms with Gasteiger partial charge in [-0.25, -0.2) is 4.79 Å². The van der Waals surface area contributed by atoms with E-state index < -0.39 is 5.97 Å². The number of nitrogens with zero attached hydrogens (tertiary/aromatic N) is 1. The highest BCUT2D eigenvalue weighted by molar-refractivity contribution is 5.89. The van der Waals surface area contributed by atoms with Crippen LogP contribution in [0.25, 0.3) is 22.5 Å². The van der Waals surface area contributed by atoms with Gasteiger partial charge >= 0.3 is 5.97 Å². The molecule has 5 nitrogen and oxygen atoms in total. The van der Waals surface area contributed by atoms with Gasteiger partial charge in [-0.3, -0.25) is 0 Å². The number of hydrogen-bond acceptors (Lipinski definition) is 5. The quantitative estimate of drug-likeness (QED) is 0.520. The number of furan rings is 1. The third-order valence-electron chi connectivity index (χ3n) is 3.59. The SMILES string of the molecule is O=C(OCc1cc(-c2cc3ccccc3o2)on1)c1ccccc1. The molecule has 0 aliphatic rings. The first-order valence-corrected chi connectivity index (χ1v) is 7.46. The summed E-state index contributed by atoms with van der Waals surface area (Å²) in [7, 11) is 0. The van der Waals surface area contributed by atoms with Crippen LogP contribution in [0.1, 0.15) is 16.1 Å². The summed E-state index contributed by atoms with van der Waals surface area (Å²) in [4.78, 5) is 11.9. The molecule has 0 radical (unpaired) electrons. The fourth-order valence-electron chi connectivity index (χ4n) is 2.40. The highest BCUT2D eigenvalue weighted by Gasteiger charge is 2.13. The predicted molar refractivity (Wildman–Crippen MR) is 87.3 cm³/mol. The van der Waals surface area contributed by atoms with Crippen LogP contribution in [0.5, 0.6) is 0 Å². The number of hydrogen-bond donors (Lipinski definition) is 0. The molecule has 0 fully saturated rings. The zero-order chi connectivity index (χ0) is 16.4. The van der Waals surface area contributed by atoms with Crippen molar-refractivity contribution in [2.45, 2.75) is 6.61 Å². The van der Waals surface area contributed by atoms with Gasteiger partial charge in [0.15, 0.2) is 5.76 Å². The number of para-hydroxylation sites is 1. The molecule has 24 heavy (non-hydrogen) atoms. The summed E-state index contributed by atoms with van der Waals surface area (Å²) in [6.07, 6.45) is 0. The van der Waals surface area contributed by atoms with Crippen LogP contribution in [-0.4, -0.2) is 11.1 Å². The average molecular weight is 319 g/mol. The van der Waals surface area contributed by atoms with Gasteiger partial charge in [-0.15, -0.1) is 0 Å². The molecule has 2 aromatic carbocycles. The summed E-state index contributed by atoms with van der Waals surface area (Å²) >= 11 is 0. The summed E-state index contributed by atoms with van der Waals surface area (Å²) in [5, 5.41) is 4.90.